The maximum Gasteiger partial charge on any atom is 0.270 e. The number of nitro groups is 1. The number of hydrogen-bond acceptors (Lipinski definition) is 5. The average molecular weight is 351 g/mol. The number of non-ortho nitro benzene ring substituents is 1. The second-order valence-corrected chi connectivity index (χ2v) is 6.07. The molecule has 132 valence electrons. The molecule has 0 aliphatic rings. The smallest absolute Gasteiger partial charge is 0.270 e. The van der Waals surface area contributed by atoms with Crippen LogP contribution in [0.1, 0.15) is 27.2 Å². The number of phenols is 1. The molecule has 0 spiro atoms. The summed E-state index contributed by atoms with van der Waals surface area (Å²) in [5, 5.41) is 24.2. The Morgan fingerprint density at radius 1 is 1.19 bits per heavy atom. The number of hydrogen-bond donors (Lipinski definition) is 2. The summed E-state index contributed by atoms with van der Waals surface area (Å²) in [6.45, 7) is 3.68. The molecule has 7 nitrogen and oxygen atoms in total. The van der Waals surface area contributed by atoms with Gasteiger partial charge in [-0.2, -0.15) is 0 Å². The van der Waals surface area contributed by atoms with Crippen molar-refractivity contribution in [2.24, 2.45) is 0 Å². The predicted molar refractivity (Wildman–Crippen MR) is 97.1 cm³/mol. The molecule has 1 aromatic heterocycles. The minimum absolute atomic E-state index is 0.0301. The first-order valence-corrected chi connectivity index (χ1v) is 7.97. The maximum absolute atomic E-state index is 12.5. The molecule has 0 bridgehead atoms. The first-order valence-electron chi connectivity index (χ1n) is 7.97. The van der Waals surface area contributed by atoms with E-state index in [-0.39, 0.29) is 29.5 Å². The molecule has 0 fully saturated rings. The van der Waals surface area contributed by atoms with Gasteiger partial charge in [0.05, 0.1) is 21.7 Å². The van der Waals surface area contributed by atoms with Gasteiger partial charge in [-0.3, -0.25) is 19.9 Å². The molecule has 0 aliphatic carbocycles. The van der Waals surface area contributed by atoms with E-state index in [0.29, 0.717) is 11.3 Å². The molecule has 2 aromatic carbocycles. The molecule has 0 atom stereocenters. The number of aromatic nitrogens is 1. The lowest BCUT2D eigenvalue weighted by Crippen LogP contribution is -2.24. The third-order valence-electron chi connectivity index (χ3n) is 4.12. The second-order valence-electron chi connectivity index (χ2n) is 6.07. The number of fused-ring (bicyclic) bond motifs is 1. The van der Waals surface area contributed by atoms with Crippen molar-refractivity contribution >= 4 is 22.5 Å². The highest BCUT2D eigenvalue weighted by Crippen LogP contribution is 2.23. The fourth-order valence-electron chi connectivity index (χ4n) is 2.72. The highest BCUT2D eigenvalue weighted by atomic mass is 16.6. The summed E-state index contributed by atoms with van der Waals surface area (Å²) in [4.78, 5) is 27.3. The van der Waals surface area contributed by atoms with E-state index >= 15 is 0 Å². The standard InChI is InChI=1S/C19H17N3O4/c1-11-3-5-17-13(7-11)9-16(12(2)21-17)19(24)20-10-14-8-15(22(25)26)4-6-18(14)23/h3-9,23H,10H2,1-2H3,(H,20,24). The molecule has 1 heterocycles. The van der Waals surface area contributed by atoms with Gasteiger partial charge in [0.2, 0.25) is 0 Å². The number of aryl methyl sites for hydroxylation is 2. The number of phenolic OH excluding ortho intramolecular Hbond substituents is 1. The molecule has 26 heavy (non-hydrogen) atoms. The van der Waals surface area contributed by atoms with Crippen LogP contribution in [0.15, 0.2) is 42.5 Å². The molecule has 1 amide bonds. The summed E-state index contributed by atoms with van der Waals surface area (Å²) < 4.78 is 0. The van der Waals surface area contributed by atoms with Crippen molar-refractivity contribution in [1.29, 1.82) is 0 Å². The Hall–Kier alpha value is -3.48. The molecule has 0 unspecified atom stereocenters. The van der Waals surface area contributed by atoms with Crippen LogP contribution in [0.5, 0.6) is 5.75 Å². The zero-order valence-electron chi connectivity index (χ0n) is 14.3. The van der Waals surface area contributed by atoms with Gasteiger partial charge in [0.25, 0.3) is 11.6 Å². The highest BCUT2D eigenvalue weighted by Gasteiger charge is 2.14. The quantitative estimate of drug-likeness (QED) is 0.553. The maximum atomic E-state index is 12.5. The zero-order valence-corrected chi connectivity index (χ0v) is 14.3. The van der Waals surface area contributed by atoms with Crippen LogP contribution in [-0.4, -0.2) is 20.9 Å². The average Bonchev–Trinajstić information content (AvgIpc) is 2.60. The van der Waals surface area contributed by atoms with Crippen LogP contribution in [0, 0.1) is 24.0 Å². The Kier molecular flexibility index (Phi) is 4.53. The van der Waals surface area contributed by atoms with Crippen molar-refractivity contribution in [3.8, 4) is 5.75 Å². The van der Waals surface area contributed by atoms with Crippen LogP contribution in [0.3, 0.4) is 0 Å². The summed E-state index contributed by atoms with van der Waals surface area (Å²) in [5.41, 5.74) is 3.01. The third kappa shape index (κ3) is 3.46. The van der Waals surface area contributed by atoms with Gasteiger partial charge in [-0.15, -0.1) is 0 Å². The van der Waals surface area contributed by atoms with Gasteiger partial charge < -0.3 is 10.4 Å². The number of nitrogens with zero attached hydrogens (tertiary/aromatic N) is 2. The van der Waals surface area contributed by atoms with Crippen molar-refractivity contribution < 1.29 is 14.8 Å². The molecule has 7 heteroatoms. The number of nitro benzene ring substituents is 1. The van der Waals surface area contributed by atoms with E-state index < -0.39 is 4.92 Å². The van der Waals surface area contributed by atoms with Gasteiger partial charge in [0, 0.05) is 29.6 Å². The Labute approximate surface area is 149 Å². The molecular weight excluding hydrogens is 334 g/mol. The van der Waals surface area contributed by atoms with E-state index in [1.54, 1.807) is 13.0 Å². The topological polar surface area (TPSA) is 105 Å². The zero-order chi connectivity index (χ0) is 18.8. The fourth-order valence-corrected chi connectivity index (χ4v) is 2.72. The van der Waals surface area contributed by atoms with Gasteiger partial charge >= 0.3 is 0 Å². The second kappa shape index (κ2) is 6.79. The minimum Gasteiger partial charge on any atom is -0.508 e. The molecule has 0 saturated carbocycles. The van der Waals surface area contributed by atoms with Crippen molar-refractivity contribution in [3.63, 3.8) is 0 Å². The molecule has 0 saturated heterocycles. The Morgan fingerprint density at radius 2 is 1.96 bits per heavy atom. The van der Waals surface area contributed by atoms with Crippen molar-refractivity contribution in [1.82, 2.24) is 10.3 Å². The molecule has 0 aliphatic heterocycles. The number of aromatic hydroxyl groups is 1. The fraction of sp³-hybridized carbons (Fsp3) is 0.158. The van der Waals surface area contributed by atoms with E-state index in [2.05, 4.69) is 10.3 Å². The third-order valence-corrected chi connectivity index (χ3v) is 4.12. The first-order chi connectivity index (χ1) is 12.3. The van der Waals surface area contributed by atoms with E-state index in [1.807, 2.05) is 25.1 Å². The lowest BCUT2D eigenvalue weighted by molar-refractivity contribution is -0.384. The number of benzene rings is 2. The number of rotatable bonds is 4. The van der Waals surface area contributed by atoms with Gasteiger partial charge in [0.15, 0.2) is 0 Å². The van der Waals surface area contributed by atoms with E-state index in [9.17, 15) is 20.0 Å². The van der Waals surface area contributed by atoms with Crippen LogP contribution >= 0.6 is 0 Å². The SMILES string of the molecule is Cc1ccc2nc(C)c(C(=O)NCc3cc([N+](=O)[O-])ccc3O)cc2c1. The van der Waals surface area contributed by atoms with E-state index in [4.69, 9.17) is 0 Å². The number of nitrogens with one attached hydrogen (secondary N) is 1. The number of carbonyl (C=O) groups excluding carboxylic acids is 1. The van der Waals surface area contributed by atoms with Gasteiger partial charge in [-0.05, 0) is 38.1 Å². The Morgan fingerprint density at radius 3 is 2.69 bits per heavy atom. The van der Waals surface area contributed by atoms with Gasteiger partial charge in [-0.1, -0.05) is 11.6 Å². The van der Waals surface area contributed by atoms with Gasteiger partial charge in [0.1, 0.15) is 5.75 Å². The van der Waals surface area contributed by atoms with Crippen molar-refractivity contribution in [2.45, 2.75) is 20.4 Å². The largest absolute Gasteiger partial charge is 0.508 e. The van der Waals surface area contributed by atoms with Crippen LogP contribution in [0.4, 0.5) is 5.69 Å². The van der Waals surface area contributed by atoms with E-state index in [1.165, 1.54) is 18.2 Å². The number of carbonyl (C=O) groups is 1. The number of amides is 1. The Balaban J connectivity index is 1.84. The lowest BCUT2D eigenvalue weighted by atomic mass is 10.1. The summed E-state index contributed by atoms with van der Waals surface area (Å²) in [5.74, 6) is -0.468. The summed E-state index contributed by atoms with van der Waals surface area (Å²) in [6, 6.07) is 11.3. The molecular formula is C19H17N3O4. The highest BCUT2D eigenvalue weighted by molar-refractivity contribution is 5.98. The summed E-state index contributed by atoms with van der Waals surface area (Å²) in [7, 11) is 0. The molecule has 0 radical (unpaired) electrons. The normalized spacial score (nSPS) is 10.7. The molecule has 3 rings (SSSR count). The van der Waals surface area contributed by atoms with Crippen molar-refractivity contribution in [2.75, 3.05) is 0 Å². The molecule has 3 aromatic rings. The molecule has 2 N–H and O–H groups in total. The summed E-state index contributed by atoms with van der Waals surface area (Å²) >= 11 is 0. The first kappa shape index (κ1) is 17.3. The van der Waals surface area contributed by atoms with Crippen LogP contribution < -0.4 is 5.32 Å². The van der Waals surface area contributed by atoms with Crippen molar-refractivity contribution in [3.05, 3.63) is 75.0 Å². The predicted octanol–water partition coefficient (Wildman–Crippen LogP) is 3.40. The number of pyridine rings is 1. The summed E-state index contributed by atoms with van der Waals surface area (Å²) in [6.07, 6.45) is 0. The van der Waals surface area contributed by atoms with Crippen LogP contribution in [-0.2, 0) is 6.54 Å². The monoisotopic (exact) mass is 351 g/mol. The van der Waals surface area contributed by atoms with Gasteiger partial charge in [-0.25, -0.2) is 0 Å². The van der Waals surface area contributed by atoms with Crippen LogP contribution in [0.25, 0.3) is 10.9 Å². The van der Waals surface area contributed by atoms with E-state index in [0.717, 1.165) is 16.5 Å². The lowest BCUT2D eigenvalue weighted by Gasteiger charge is -2.10. The minimum atomic E-state index is -0.551. The van der Waals surface area contributed by atoms with Crippen LogP contribution in [0.2, 0.25) is 0 Å². The Bertz CT molecular complexity index is 1030.